The van der Waals surface area contributed by atoms with Crippen molar-refractivity contribution in [3.05, 3.63) is 35.4 Å². The first-order chi connectivity index (χ1) is 7.24. The van der Waals surface area contributed by atoms with E-state index < -0.39 is 0 Å². The van der Waals surface area contributed by atoms with Crippen LogP contribution in [0.25, 0.3) is 0 Å². The predicted octanol–water partition coefficient (Wildman–Crippen LogP) is 4.96. The van der Waals surface area contributed by atoms with Crippen LogP contribution in [0.3, 0.4) is 0 Å². The van der Waals surface area contributed by atoms with Crippen LogP contribution in [-0.4, -0.2) is 0 Å². The summed E-state index contributed by atoms with van der Waals surface area (Å²) in [5, 5.41) is 0. The Morgan fingerprint density at radius 2 is 1.38 bits per heavy atom. The molecule has 0 saturated heterocycles. The first-order valence-electron chi connectivity index (χ1n) is 6.34. The lowest BCUT2D eigenvalue weighted by Gasteiger charge is -2.33. The van der Waals surface area contributed by atoms with E-state index in [0.29, 0.717) is 5.41 Å². The highest BCUT2D eigenvalue weighted by molar-refractivity contribution is 5.28. The summed E-state index contributed by atoms with van der Waals surface area (Å²) in [7, 11) is 0. The monoisotopic (exact) mass is 218 g/mol. The number of hydrogen-bond donors (Lipinski definition) is 0. The van der Waals surface area contributed by atoms with Gasteiger partial charge in [-0.25, -0.2) is 0 Å². The number of aryl methyl sites for hydroxylation is 1. The lowest BCUT2D eigenvalue weighted by molar-refractivity contribution is 0.284. The highest BCUT2D eigenvalue weighted by Crippen LogP contribution is 2.36. The fourth-order valence-electron chi connectivity index (χ4n) is 2.62. The summed E-state index contributed by atoms with van der Waals surface area (Å²) in [5.74, 6) is 0. The minimum atomic E-state index is 0.268. The summed E-state index contributed by atoms with van der Waals surface area (Å²) in [5.41, 5.74) is 3.53. The minimum Gasteiger partial charge on any atom is -0.0613 e. The lowest BCUT2D eigenvalue weighted by atomic mass is 9.72. The molecule has 0 aliphatic carbocycles. The second-order valence-corrected chi connectivity index (χ2v) is 6.67. The molecule has 0 aromatic heterocycles. The van der Waals surface area contributed by atoms with Gasteiger partial charge >= 0.3 is 0 Å². The quantitative estimate of drug-likeness (QED) is 0.672. The highest BCUT2D eigenvalue weighted by Gasteiger charge is 2.26. The number of rotatable bonds is 3. The van der Waals surface area contributed by atoms with Gasteiger partial charge in [0.2, 0.25) is 0 Å². The summed E-state index contributed by atoms with van der Waals surface area (Å²) in [6.45, 7) is 13.8. The molecular formula is C16H26. The van der Waals surface area contributed by atoms with Gasteiger partial charge in [-0.1, -0.05) is 65.8 Å². The van der Waals surface area contributed by atoms with Crippen LogP contribution in [0.2, 0.25) is 0 Å². The van der Waals surface area contributed by atoms with E-state index in [0.717, 1.165) is 6.42 Å². The molecule has 1 aromatic carbocycles. The van der Waals surface area contributed by atoms with Crippen molar-refractivity contribution in [2.24, 2.45) is 5.41 Å². The van der Waals surface area contributed by atoms with E-state index in [1.165, 1.54) is 17.5 Å². The van der Waals surface area contributed by atoms with Gasteiger partial charge in [0.25, 0.3) is 0 Å². The fourth-order valence-corrected chi connectivity index (χ4v) is 2.62. The van der Waals surface area contributed by atoms with Gasteiger partial charge in [0, 0.05) is 0 Å². The summed E-state index contributed by atoms with van der Waals surface area (Å²) in [6.07, 6.45) is 2.34. The van der Waals surface area contributed by atoms with Crippen LogP contribution in [-0.2, 0) is 11.8 Å². The van der Waals surface area contributed by atoms with Crippen molar-refractivity contribution < 1.29 is 0 Å². The van der Waals surface area contributed by atoms with Crippen LogP contribution in [0, 0.1) is 5.41 Å². The maximum absolute atomic E-state index is 2.35. The second kappa shape index (κ2) is 4.61. The Kier molecular flexibility index (Phi) is 3.83. The molecule has 0 amide bonds. The normalized spacial score (nSPS) is 12.9. The number of hydrogen-bond acceptors (Lipinski definition) is 0. The average Bonchev–Trinajstić information content (AvgIpc) is 2.14. The Labute approximate surface area is 101 Å². The van der Waals surface area contributed by atoms with Gasteiger partial charge in [-0.3, -0.25) is 0 Å². The number of benzene rings is 1. The average molecular weight is 218 g/mol. The Balaban J connectivity index is 2.89. The Bertz CT molecular complexity index is 322. The Morgan fingerprint density at radius 3 is 1.75 bits per heavy atom. The largest absolute Gasteiger partial charge is 0.0613 e. The van der Waals surface area contributed by atoms with Crippen molar-refractivity contribution in [1.82, 2.24) is 0 Å². The molecule has 1 rings (SSSR count). The zero-order valence-corrected chi connectivity index (χ0v) is 11.7. The van der Waals surface area contributed by atoms with Crippen LogP contribution in [0.15, 0.2) is 24.3 Å². The molecule has 1 aromatic rings. The van der Waals surface area contributed by atoms with E-state index in [1.807, 2.05) is 0 Å². The van der Waals surface area contributed by atoms with Gasteiger partial charge in [-0.15, -0.1) is 0 Å². The smallest absolute Gasteiger partial charge is 0.00986 e. The molecule has 0 bridgehead atoms. The summed E-state index contributed by atoms with van der Waals surface area (Å²) in [4.78, 5) is 0. The van der Waals surface area contributed by atoms with Crippen molar-refractivity contribution in [3.8, 4) is 0 Å². The van der Waals surface area contributed by atoms with Crippen LogP contribution in [0.1, 0.15) is 59.1 Å². The summed E-state index contributed by atoms with van der Waals surface area (Å²) in [6, 6.07) is 9.12. The third-order valence-corrected chi connectivity index (χ3v) is 3.12. The fraction of sp³-hybridized carbons (Fsp3) is 0.625. The lowest BCUT2D eigenvalue weighted by Crippen LogP contribution is -2.24. The topological polar surface area (TPSA) is 0 Å². The van der Waals surface area contributed by atoms with Crippen molar-refractivity contribution in [2.75, 3.05) is 0 Å². The van der Waals surface area contributed by atoms with Crippen molar-refractivity contribution in [3.63, 3.8) is 0 Å². The van der Waals surface area contributed by atoms with Crippen LogP contribution >= 0.6 is 0 Å². The third kappa shape index (κ3) is 3.66. The molecule has 0 N–H and O–H groups in total. The molecule has 0 aliphatic rings. The maximum Gasteiger partial charge on any atom is -0.00986 e. The van der Waals surface area contributed by atoms with E-state index in [1.54, 1.807) is 0 Å². The zero-order chi connectivity index (χ0) is 12.4. The van der Waals surface area contributed by atoms with E-state index >= 15 is 0 Å². The van der Waals surface area contributed by atoms with Crippen LogP contribution < -0.4 is 0 Å². The molecule has 0 atom stereocenters. The predicted molar refractivity (Wildman–Crippen MR) is 72.9 cm³/mol. The third-order valence-electron chi connectivity index (χ3n) is 3.12. The molecule has 16 heavy (non-hydrogen) atoms. The van der Waals surface area contributed by atoms with Gasteiger partial charge in [-0.05, 0) is 34.8 Å². The maximum atomic E-state index is 2.35. The van der Waals surface area contributed by atoms with Crippen molar-refractivity contribution in [2.45, 2.75) is 59.8 Å². The van der Waals surface area contributed by atoms with Gasteiger partial charge in [-0.2, -0.15) is 0 Å². The van der Waals surface area contributed by atoms with Gasteiger partial charge in [0.05, 0.1) is 0 Å². The summed E-state index contributed by atoms with van der Waals surface area (Å²) >= 11 is 0. The van der Waals surface area contributed by atoms with E-state index in [9.17, 15) is 0 Å². The minimum absolute atomic E-state index is 0.268. The van der Waals surface area contributed by atoms with Crippen LogP contribution in [0.5, 0.6) is 0 Å². The Hall–Kier alpha value is -0.780. The first kappa shape index (κ1) is 13.3. The molecule has 0 heteroatoms. The van der Waals surface area contributed by atoms with Crippen LogP contribution in [0.4, 0.5) is 0 Å². The molecule has 0 radical (unpaired) electrons. The molecule has 0 nitrogen and oxygen atoms in total. The van der Waals surface area contributed by atoms with Crippen molar-refractivity contribution in [1.29, 1.82) is 0 Å². The van der Waals surface area contributed by atoms with E-state index in [4.69, 9.17) is 0 Å². The van der Waals surface area contributed by atoms with Crippen molar-refractivity contribution >= 4 is 0 Å². The van der Waals surface area contributed by atoms with Gasteiger partial charge < -0.3 is 0 Å². The first-order valence-corrected chi connectivity index (χ1v) is 6.34. The summed E-state index contributed by atoms with van der Waals surface area (Å²) < 4.78 is 0. The van der Waals surface area contributed by atoms with E-state index in [-0.39, 0.29) is 5.41 Å². The molecular weight excluding hydrogens is 192 g/mol. The Morgan fingerprint density at radius 1 is 0.875 bits per heavy atom. The molecule has 0 fully saturated rings. The molecule has 0 saturated carbocycles. The SMILES string of the molecule is CCc1ccc(C(C)(C)CC(C)(C)C)cc1. The molecule has 0 spiro atoms. The second-order valence-electron chi connectivity index (χ2n) is 6.67. The molecule has 90 valence electrons. The zero-order valence-electron chi connectivity index (χ0n) is 11.7. The highest BCUT2D eigenvalue weighted by atomic mass is 14.3. The molecule has 0 heterocycles. The van der Waals surface area contributed by atoms with Gasteiger partial charge in [0.15, 0.2) is 0 Å². The molecule has 0 unspecified atom stereocenters. The molecule has 0 aliphatic heterocycles. The van der Waals surface area contributed by atoms with E-state index in [2.05, 4.69) is 65.8 Å². The standard InChI is InChI=1S/C16H26/c1-7-13-8-10-14(11-9-13)16(5,6)12-15(2,3)4/h8-11H,7,12H2,1-6H3. The van der Waals surface area contributed by atoms with Gasteiger partial charge in [0.1, 0.15) is 0 Å².